The first-order valence-electron chi connectivity index (χ1n) is 13.4. The lowest BCUT2D eigenvalue weighted by Gasteiger charge is -2.19. The molecule has 4 aromatic carbocycles. The molecule has 0 aliphatic carbocycles. The van der Waals surface area contributed by atoms with Crippen molar-refractivity contribution in [2.75, 3.05) is 38.6 Å². The van der Waals surface area contributed by atoms with Crippen molar-refractivity contribution in [1.82, 2.24) is 10.6 Å². The smallest absolute Gasteiger partial charge is 0.228 e. The average molecular weight is 589 g/mol. The molecule has 0 heterocycles. The summed E-state index contributed by atoms with van der Waals surface area (Å²) >= 11 is 0. The van der Waals surface area contributed by atoms with Gasteiger partial charge in [0.2, 0.25) is 11.8 Å². The molecule has 0 spiro atoms. The van der Waals surface area contributed by atoms with Crippen molar-refractivity contribution in [2.45, 2.75) is 0 Å². The second-order valence-electron chi connectivity index (χ2n) is 9.45. The Balaban J connectivity index is 1.22. The minimum absolute atomic E-state index is 0.139. The molecule has 7 nitrogen and oxygen atoms in total. The van der Waals surface area contributed by atoms with Gasteiger partial charge in [-0.15, -0.1) is 0 Å². The van der Waals surface area contributed by atoms with E-state index in [0.29, 0.717) is 21.2 Å². The van der Waals surface area contributed by atoms with Crippen LogP contribution in [0.3, 0.4) is 0 Å². The van der Waals surface area contributed by atoms with Crippen LogP contribution in [0.4, 0.5) is 0 Å². The van der Waals surface area contributed by atoms with Gasteiger partial charge in [-0.3, -0.25) is 9.59 Å². The topological polar surface area (TPSA) is 102 Å². The van der Waals surface area contributed by atoms with Gasteiger partial charge in [-0.1, -0.05) is 121 Å². The van der Waals surface area contributed by atoms with Gasteiger partial charge in [0.05, 0.1) is 25.5 Å². The summed E-state index contributed by atoms with van der Waals surface area (Å²) in [6.45, 7) is 0.950. The number of hydrogen-bond acceptors (Lipinski definition) is 5. The molecule has 0 fully saturated rings. The molecule has 41 heavy (non-hydrogen) atoms. The summed E-state index contributed by atoms with van der Waals surface area (Å²) in [7, 11) is -6.29. The van der Waals surface area contributed by atoms with E-state index in [-0.39, 0.29) is 50.4 Å². The lowest BCUT2D eigenvalue weighted by atomic mass is 10.4. The molecule has 9 heteroatoms. The SMILES string of the molecule is O=C(CP(=O)(c1ccccc1)c1ccccc1)NCCOCCNC(=O)CP(=O)(c1ccccc1)c1ccccc1. The van der Waals surface area contributed by atoms with Gasteiger partial charge in [0.15, 0.2) is 14.3 Å². The van der Waals surface area contributed by atoms with Gasteiger partial charge < -0.3 is 24.5 Å². The Hall–Kier alpha value is -3.76. The molecule has 0 aliphatic rings. The van der Waals surface area contributed by atoms with E-state index < -0.39 is 14.3 Å². The summed E-state index contributed by atoms with van der Waals surface area (Å²) in [6.07, 6.45) is -0.278. The van der Waals surface area contributed by atoms with E-state index in [0.717, 1.165) is 0 Å². The van der Waals surface area contributed by atoms with Crippen LogP contribution in [-0.2, 0) is 23.5 Å². The first kappa shape index (κ1) is 30.2. The summed E-state index contributed by atoms with van der Waals surface area (Å²) in [5, 5.41) is 8.12. The lowest BCUT2D eigenvalue weighted by Crippen LogP contribution is -2.35. The Kier molecular flexibility index (Phi) is 10.9. The predicted octanol–water partition coefficient (Wildman–Crippen LogP) is 3.26. The zero-order valence-electron chi connectivity index (χ0n) is 22.7. The van der Waals surface area contributed by atoms with E-state index in [1.54, 1.807) is 48.5 Å². The largest absolute Gasteiger partial charge is 0.378 e. The first-order chi connectivity index (χ1) is 19.9. The van der Waals surface area contributed by atoms with Gasteiger partial charge in [0.25, 0.3) is 0 Å². The van der Waals surface area contributed by atoms with Crippen LogP contribution in [0, 0.1) is 0 Å². The summed E-state index contributed by atoms with van der Waals surface area (Å²) in [4.78, 5) is 25.5. The van der Waals surface area contributed by atoms with Crippen molar-refractivity contribution in [3.05, 3.63) is 121 Å². The maximum absolute atomic E-state index is 14.0. The highest BCUT2D eigenvalue weighted by molar-refractivity contribution is 7.79. The zero-order valence-corrected chi connectivity index (χ0v) is 24.5. The third-order valence-corrected chi connectivity index (χ3v) is 12.6. The second kappa shape index (κ2) is 14.7. The molecule has 0 saturated heterocycles. The fourth-order valence-electron chi connectivity index (χ4n) is 4.48. The van der Waals surface area contributed by atoms with Crippen molar-refractivity contribution < 1.29 is 23.5 Å². The van der Waals surface area contributed by atoms with Crippen molar-refractivity contribution in [1.29, 1.82) is 0 Å². The fraction of sp³-hybridized carbons (Fsp3) is 0.188. The molecule has 0 unspecified atom stereocenters. The van der Waals surface area contributed by atoms with E-state index in [4.69, 9.17) is 4.74 Å². The Morgan fingerprint density at radius 3 is 1.02 bits per heavy atom. The van der Waals surface area contributed by atoms with Crippen LogP contribution in [-0.4, -0.2) is 50.4 Å². The van der Waals surface area contributed by atoms with Crippen LogP contribution in [0.2, 0.25) is 0 Å². The van der Waals surface area contributed by atoms with Gasteiger partial charge >= 0.3 is 0 Å². The third kappa shape index (κ3) is 8.14. The van der Waals surface area contributed by atoms with Crippen molar-refractivity contribution >= 4 is 47.3 Å². The number of rotatable bonds is 14. The minimum Gasteiger partial charge on any atom is -0.378 e. The number of nitrogens with one attached hydrogen (secondary N) is 2. The number of ether oxygens (including phenoxy) is 1. The van der Waals surface area contributed by atoms with Crippen molar-refractivity contribution in [3.8, 4) is 0 Å². The highest BCUT2D eigenvalue weighted by Crippen LogP contribution is 2.43. The molecule has 2 amide bonds. The van der Waals surface area contributed by atoms with Gasteiger partial charge in [0, 0.05) is 34.3 Å². The summed E-state index contributed by atoms with van der Waals surface area (Å²) < 4.78 is 33.6. The fourth-order valence-corrected chi connectivity index (χ4v) is 9.46. The number of benzene rings is 4. The lowest BCUT2D eigenvalue weighted by molar-refractivity contribution is -0.119. The highest BCUT2D eigenvalue weighted by Gasteiger charge is 2.31. The highest BCUT2D eigenvalue weighted by atomic mass is 31.2. The van der Waals surface area contributed by atoms with Crippen LogP contribution >= 0.6 is 14.3 Å². The monoisotopic (exact) mass is 588 g/mol. The molecule has 2 N–H and O–H groups in total. The Morgan fingerprint density at radius 2 is 0.756 bits per heavy atom. The van der Waals surface area contributed by atoms with E-state index in [2.05, 4.69) is 10.6 Å². The van der Waals surface area contributed by atoms with Crippen LogP contribution in [0.5, 0.6) is 0 Å². The molecular formula is C32H34N2O5P2. The Morgan fingerprint density at radius 1 is 0.488 bits per heavy atom. The third-order valence-electron chi connectivity index (χ3n) is 6.56. The van der Waals surface area contributed by atoms with E-state index in [1.165, 1.54) is 0 Å². The number of carbonyl (C=O) groups excluding carboxylic acids is 2. The Bertz CT molecular complexity index is 1300. The van der Waals surface area contributed by atoms with Crippen molar-refractivity contribution in [2.24, 2.45) is 0 Å². The Labute approximate surface area is 241 Å². The zero-order chi connectivity index (χ0) is 29.0. The van der Waals surface area contributed by atoms with Crippen LogP contribution in [0.15, 0.2) is 121 Å². The average Bonchev–Trinajstić information content (AvgIpc) is 3.02. The maximum Gasteiger partial charge on any atom is 0.228 e. The standard InChI is InChI=1S/C32H34N2O5P2/c35-31(25-40(37,27-13-5-1-6-14-27)28-15-7-2-8-16-28)33-21-23-39-24-22-34-32(36)26-41(38,29-17-9-3-10-18-29)30-19-11-4-12-20-30/h1-20H,21-26H2,(H,33,35)(H,34,36). The van der Waals surface area contributed by atoms with Crippen LogP contribution < -0.4 is 31.9 Å². The maximum atomic E-state index is 14.0. The molecule has 0 radical (unpaired) electrons. The summed E-state index contributed by atoms with van der Waals surface area (Å²) in [5.41, 5.74) is 0. The first-order valence-corrected chi connectivity index (χ1v) is 17.2. The minimum atomic E-state index is -3.14. The molecule has 4 aromatic rings. The molecule has 0 saturated carbocycles. The summed E-state index contributed by atoms with van der Waals surface area (Å²) in [6, 6.07) is 36.3. The van der Waals surface area contributed by atoms with Gasteiger partial charge in [-0.2, -0.15) is 0 Å². The summed E-state index contributed by atoms with van der Waals surface area (Å²) in [5.74, 6) is -0.647. The predicted molar refractivity (Wildman–Crippen MR) is 166 cm³/mol. The number of hydrogen-bond donors (Lipinski definition) is 2. The van der Waals surface area contributed by atoms with Gasteiger partial charge in [0.1, 0.15) is 0 Å². The van der Waals surface area contributed by atoms with Gasteiger partial charge in [-0.05, 0) is 0 Å². The van der Waals surface area contributed by atoms with Crippen LogP contribution in [0.1, 0.15) is 0 Å². The second-order valence-corrected chi connectivity index (χ2v) is 15.1. The quantitative estimate of drug-likeness (QED) is 0.174. The molecule has 4 rings (SSSR count). The van der Waals surface area contributed by atoms with Crippen molar-refractivity contribution in [3.63, 3.8) is 0 Å². The normalized spacial score (nSPS) is 11.5. The molecule has 0 aliphatic heterocycles. The number of carbonyl (C=O) groups is 2. The molecule has 212 valence electrons. The van der Waals surface area contributed by atoms with Crippen LogP contribution in [0.25, 0.3) is 0 Å². The van der Waals surface area contributed by atoms with Gasteiger partial charge in [-0.25, -0.2) is 0 Å². The molecule has 0 aromatic heterocycles. The van der Waals surface area contributed by atoms with E-state index in [1.807, 2.05) is 72.8 Å². The number of amides is 2. The molecule has 0 atom stereocenters. The van der Waals surface area contributed by atoms with E-state index >= 15 is 0 Å². The molecular weight excluding hydrogens is 554 g/mol. The molecule has 0 bridgehead atoms. The van der Waals surface area contributed by atoms with E-state index in [9.17, 15) is 18.7 Å².